The fourth-order valence-corrected chi connectivity index (χ4v) is 3.44. The van der Waals surface area contributed by atoms with Crippen LogP contribution in [0.15, 0.2) is 47.5 Å². The highest BCUT2D eigenvalue weighted by Crippen LogP contribution is 2.21. The highest BCUT2D eigenvalue weighted by molar-refractivity contribution is 7.12. The Balaban J connectivity index is 1.71. The first-order valence-electron chi connectivity index (χ1n) is 6.86. The van der Waals surface area contributed by atoms with Gasteiger partial charge in [-0.2, -0.15) is 9.78 Å². The van der Waals surface area contributed by atoms with Crippen LogP contribution >= 0.6 is 22.7 Å². The molecule has 4 heterocycles. The second-order valence-electron chi connectivity index (χ2n) is 4.73. The van der Waals surface area contributed by atoms with Gasteiger partial charge in [0.15, 0.2) is 5.65 Å². The zero-order valence-electron chi connectivity index (χ0n) is 12.0. The fraction of sp³-hybridized carbons (Fsp3) is 0. The van der Waals surface area contributed by atoms with Crippen LogP contribution in [0.4, 0.5) is 5.82 Å². The van der Waals surface area contributed by atoms with Crippen molar-refractivity contribution in [2.24, 2.45) is 0 Å². The average Bonchev–Trinajstić information content (AvgIpc) is 3.34. The molecular weight excluding hydrogens is 346 g/mol. The fourth-order valence-electron chi connectivity index (χ4n) is 2.17. The standard InChI is InChI=1S/C15H9N5O2S2/c21-14(10-3-1-5-23-10)19-12-9-7-18-20(13(9)17-8-16-12)15(22)11-4-2-6-24-11/h1-8H,(H,16,17,19,21). The van der Waals surface area contributed by atoms with Crippen LogP contribution in [0.5, 0.6) is 0 Å². The van der Waals surface area contributed by atoms with Gasteiger partial charge in [-0.05, 0) is 22.9 Å². The molecule has 1 N–H and O–H groups in total. The molecule has 1 amide bonds. The molecule has 0 radical (unpaired) electrons. The first-order chi connectivity index (χ1) is 11.7. The van der Waals surface area contributed by atoms with Gasteiger partial charge in [0.1, 0.15) is 12.1 Å². The molecule has 0 aliphatic heterocycles. The molecule has 0 aliphatic rings. The Morgan fingerprint density at radius 2 is 1.79 bits per heavy atom. The van der Waals surface area contributed by atoms with Crippen molar-refractivity contribution in [2.75, 3.05) is 5.32 Å². The van der Waals surface area contributed by atoms with Gasteiger partial charge in [0.05, 0.1) is 21.3 Å². The molecule has 0 aromatic carbocycles. The minimum Gasteiger partial charge on any atom is -0.305 e. The third-order valence-corrected chi connectivity index (χ3v) is 4.99. The summed E-state index contributed by atoms with van der Waals surface area (Å²) in [5.74, 6) is -0.208. The lowest BCUT2D eigenvalue weighted by molar-refractivity contribution is 0.0953. The van der Waals surface area contributed by atoms with Crippen molar-refractivity contribution in [3.63, 3.8) is 0 Å². The monoisotopic (exact) mass is 355 g/mol. The third kappa shape index (κ3) is 2.49. The summed E-state index contributed by atoms with van der Waals surface area (Å²) in [7, 11) is 0. The maximum Gasteiger partial charge on any atom is 0.290 e. The molecule has 0 saturated heterocycles. The van der Waals surface area contributed by atoms with E-state index in [2.05, 4.69) is 20.4 Å². The summed E-state index contributed by atoms with van der Waals surface area (Å²) in [4.78, 5) is 34.0. The summed E-state index contributed by atoms with van der Waals surface area (Å²) in [5.41, 5.74) is 0.352. The van der Waals surface area contributed by atoms with Gasteiger partial charge in [0, 0.05) is 0 Å². The molecule has 7 nitrogen and oxygen atoms in total. The largest absolute Gasteiger partial charge is 0.305 e. The quantitative estimate of drug-likeness (QED) is 0.610. The molecule has 0 unspecified atom stereocenters. The average molecular weight is 355 g/mol. The molecule has 4 aromatic rings. The molecule has 0 fully saturated rings. The van der Waals surface area contributed by atoms with Crippen molar-refractivity contribution < 1.29 is 9.59 Å². The van der Waals surface area contributed by atoms with E-state index in [1.807, 2.05) is 10.8 Å². The minimum absolute atomic E-state index is 0.262. The van der Waals surface area contributed by atoms with Gasteiger partial charge in [-0.1, -0.05) is 12.1 Å². The van der Waals surface area contributed by atoms with E-state index in [0.29, 0.717) is 26.6 Å². The van der Waals surface area contributed by atoms with Gasteiger partial charge in [-0.15, -0.1) is 22.7 Å². The first-order valence-corrected chi connectivity index (χ1v) is 8.62. The highest BCUT2D eigenvalue weighted by Gasteiger charge is 2.18. The predicted molar refractivity (Wildman–Crippen MR) is 91.6 cm³/mol. The molecule has 9 heteroatoms. The lowest BCUT2D eigenvalue weighted by Gasteiger charge is -2.04. The number of amides is 1. The number of hydrogen-bond acceptors (Lipinski definition) is 7. The van der Waals surface area contributed by atoms with Gasteiger partial charge < -0.3 is 5.32 Å². The topological polar surface area (TPSA) is 89.8 Å². The number of fused-ring (bicyclic) bond motifs is 1. The number of hydrogen-bond donors (Lipinski definition) is 1. The van der Waals surface area contributed by atoms with Gasteiger partial charge in [-0.3, -0.25) is 9.59 Å². The number of rotatable bonds is 3. The second-order valence-corrected chi connectivity index (χ2v) is 6.63. The zero-order valence-corrected chi connectivity index (χ0v) is 13.7. The van der Waals surface area contributed by atoms with E-state index < -0.39 is 0 Å². The highest BCUT2D eigenvalue weighted by atomic mass is 32.1. The molecule has 4 rings (SSSR count). The minimum atomic E-state index is -0.269. The maximum atomic E-state index is 12.5. The molecule has 0 spiro atoms. The van der Waals surface area contributed by atoms with Crippen LogP contribution in [0.3, 0.4) is 0 Å². The van der Waals surface area contributed by atoms with Crippen molar-refractivity contribution >= 4 is 51.3 Å². The Morgan fingerprint density at radius 3 is 2.50 bits per heavy atom. The number of nitrogens with zero attached hydrogens (tertiary/aromatic N) is 4. The summed E-state index contributed by atoms with van der Waals surface area (Å²) >= 11 is 2.66. The van der Waals surface area contributed by atoms with Crippen LogP contribution in [-0.4, -0.2) is 31.6 Å². The van der Waals surface area contributed by atoms with E-state index >= 15 is 0 Å². The molecule has 24 heavy (non-hydrogen) atoms. The molecule has 0 aliphatic carbocycles. The van der Waals surface area contributed by atoms with E-state index in [0.717, 1.165) is 0 Å². The van der Waals surface area contributed by atoms with Crippen LogP contribution in [0, 0.1) is 0 Å². The van der Waals surface area contributed by atoms with Crippen LogP contribution in [0.25, 0.3) is 11.0 Å². The number of carbonyl (C=O) groups excluding carboxylic acids is 2. The summed E-state index contributed by atoms with van der Waals surface area (Å²) < 4.78 is 1.21. The number of nitrogens with one attached hydrogen (secondary N) is 1. The van der Waals surface area contributed by atoms with E-state index in [1.165, 1.54) is 39.9 Å². The van der Waals surface area contributed by atoms with E-state index in [-0.39, 0.29) is 11.8 Å². The van der Waals surface area contributed by atoms with Crippen LogP contribution in [0.1, 0.15) is 19.3 Å². The number of carbonyl (C=O) groups is 2. The number of anilines is 1. The second kappa shape index (κ2) is 5.95. The zero-order chi connectivity index (χ0) is 16.5. The summed E-state index contributed by atoms with van der Waals surface area (Å²) in [6.45, 7) is 0. The Labute approximate surface area is 143 Å². The van der Waals surface area contributed by atoms with E-state index in [1.54, 1.807) is 24.3 Å². The molecule has 0 atom stereocenters. The van der Waals surface area contributed by atoms with E-state index in [4.69, 9.17) is 0 Å². The molecular formula is C15H9N5O2S2. The van der Waals surface area contributed by atoms with Crippen LogP contribution < -0.4 is 5.32 Å². The summed E-state index contributed by atoms with van der Waals surface area (Å²) in [6, 6.07) is 7.04. The number of thiophene rings is 2. The smallest absolute Gasteiger partial charge is 0.290 e. The van der Waals surface area contributed by atoms with Crippen LogP contribution in [-0.2, 0) is 0 Å². The van der Waals surface area contributed by atoms with Gasteiger partial charge >= 0.3 is 0 Å². The number of aromatic nitrogens is 4. The normalized spacial score (nSPS) is 10.8. The van der Waals surface area contributed by atoms with Crippen molar-refractivity contribution in [2.45, 2.75) is 0 Å². The van der Waals surface area contributed by atoms with Crippen LogP contribution in [0.2, 0.25) is 0 Å². The Hall–Kier alpha value is -2.91. The molecule has 118 valence electrons. The lowest BCUT2D eigenvalue weighted by Crippen LogP contribution is -2.14. The lowest BCUT2D eigenvalue weighted by atomic mass is 10.3. The first kappa shape index (κ1) is 14.7. The third-order valence-electron chi connectivity index (χ3n) is 3.27. The van der Waals surface area contributed by atoms with Crippen molar-refractivity contribution in [1.82, 2.24) is 19.7 Å². The molecule has 0 saturated carbocycles. The van der Waals surface area contributed by atoms with Crippen molar-refractivity contribution in [3.8, 4) is 0 Å². The maximum absolute atomic E-state index is 12.5. The van der Waals surface area contributed by atoms with E-state index in [9.17, 15) is 9.59 Å². The van der Waals surface area contributed by atoms with Crippen molar-refractivity contribution in [3.05, 3.63) is 57.3 Å². The van der Waals surface area contributed by atoms with Crippen molar-refractivity contribution in [1.29, 1.82) is 0 Å². The SMILES string of the molecule is O=C(Nc1ncnc2c1cnn2C(=O)c1cccs1)c1cccs1. The Kier molecular flexibility index (Phi) is 3.63. The van der Waals surface area contributed by atoms with Gasteiger partial charge in [0.2, 0.25) is 0 Å². The summed E-state index contributed by atoms with van der Waals surface area (Å²) in [6.07, 6.45) is 2.77. The molecule has 0 bridgehead atoms. The predicted octanol–water partition coefficient (Wildman–Crippen LogP) is 2.89. The summed E-state index contributed by atoms with van der Waals surface area (Å²) in [5, 5.41) is 11.0. The molecule has 4 aromatic heterocycles. The Morgan fingerprint density at radius 1 is 1.04 bits per heavy atom. The Bertz CT molecular complexity index is 1020. The van der Waals surface area contributed by atoms with Gasteiger partial charge in [-0.25, -0.2) is 9.97 Å². The van der Waals surface area contributed by atoms with Gasteiger partial charge in [0.25, 0.3) is 11.8 Å².